The summed E-state index contributed by atoms with van der Waals surface area (Å²) in [4.78, 5) is 4.92. The summed E-state index contributed by atoms with van der Waals surface area (Å²) in [6, 6.07) is 7.94. The fraction of sp³-hybridized carbons (Fsp3) is 0.533. The van der Waals surface area contributed by atoms with E-state index in [0.29, 0.717) is 0 Å². The van der Waals surface area contributed by atoms with Crippen molar-refractivity contribution in [1.82, 2.24) is 0 Å². The van der Waals surface area contributed by atoms with Crippen molar-refractivity contribution in [2.45, 2.75) is 38.8 Å². The average Bonchev–Trinajstić information content (AvgIpc) is 2.87. The Morgan fingerprint density at radius 2 is 2.17 bits per heavy atom. The van der Waals surface area contributed by atoms with Crippen LogP contribution in [0.1, 0.15) is 38.7 Å². The second-order valence-electron chi connectivity index (χ2n) is 5.87. The van der Waals surface area contributed by atoms with E-state index in [2.05, 4.69) is 19.9 Å². The molecule has 2 nitrogen and oxygen atoms in total. The summed E-state index contributed by atoms with van der Waals surface area (Å²) >= 11 is 6.06. The van der Waals surface area contributed by atoms with Crippen LogP contribution in [0, 0.1) is 5.41 Å². The Balaban J connectivity index is 2.00. The molecule has 0 radical (unpaired) electrons. The largest absolute Gasteiger partial charge is 0.353 e. The van der Waals surface area contributed by atoms with E-state index in [1.54, 1.807) is 0 Å². The van der Waals surface area contributed by atoms with Crippen LogP contribution in [0.3, 0.4) is 0 Å². The normalized spacial score (nSPS) is 29.8. The van der Waals surface area contributed by atoms with E-state index in [1.807, 2.05) is 18.2 Å². The van der Waals surface area contributed by atoms with Crippen molar-refractivity contribution >= 4 is 17.3 Å². The van der Waals surface area contributed by atoms with Crippen LogP contribution in [0.5, 0.6) is 0 Å². The van der Waals surface area contributed by atoms with E-state index in [9.17, 15) is 0 Å². The molecule has 96 valence electrons. The fourth-order valence-electron chi connectivity index (χ4n) is 3.05. The van der Waals surface area contributed by atoms with Crippen LogP contribution in [-0.2, 0) is 4.74 Å². The molecule has 1 unspecified atom stereocenters. The lowest BCUT2D eigenvalue weighted by Gasteiger charge is -2.34. The van der Waals surface area contributed by atoms with Crippen molar-refractivity contribution in [3.63, 3.8) is 0 Å². The minimum atomic E-state index is -0.301. The lowest BCUT2D eigenvalue weighted by molar-refractivity contribution is -0.0654. The third-order valence-electron chi connectivity index (χ3n) is 4.14. The molecule has 0 aliphatic carbocycles. The summed E-state index contributed by atoms with van der Waals surface area (Å²) in [7, 11) is 0. The molecule has 1 fully saturated rings. The minimum absolute atomic E-state index is 0.0706. The van der Waals surface area contributed by atoms with Gasteiger partial charge in [-0.3, -0.25) is 4.99 Å². The number of hydrogen-bond acceptors (Lipinski definition) is 2. The van der Waals surface area contributed by atoms with Gasteiger partial charge in [-0.05, 0) is 37.0 Å². The third kappa shape index (κ3) is 1.79. The number of halogens is 1. The molecule has 0 saturated carbocycles. The smallest absolute Gasteiger partial charge is 0.164 e. The van der Waals surface area contributed by atoms with Gasteiger partial charge in [0.1, 0.15) is 0 Å². The molecule has 3 heteroatoms. The standard InChI is InChI=1S/C15H18ClNO/c1-14(2)10-13(11-5-3-6-12(16)9-11)17-15(14)7-4-8-18-15/h3,5-6,9H,4,7-8,10H2,1-2H3. The van der Waals surface area contributed by atoms with Crippen LogP contribution in [0.4, 0.5) is 0 Å². The van der Waals surface area contributed by atoms with Gasteiger partial charge in [-0.25, -0.2) is 0 Å². The molecule has 2 heterocycles. The number of benzene rings is 1. The first-order valence-electron chi connectivity index (χ1n) is 6.51. The number of hydrogen-bond donors (Lipinski definition) is 0. The predicted octanol–water partition coefficient (Wildman–Crippen LogP) is 4.07. The molecule has 1 atom stereocenters. The second kappa shape index (κ2) is 4.07. The highest BCUT2D eigenvalue weighted by Gasteiger charge is 2.53. The van der Waals surface area contributed by atoms with E-state index in [-0.39, 0.29) is 11.1 Å². The van der Waals surface area contributed by atoms with Gasteiger partial charge in [-0.1, -0.05) is 37.6 Å². The lowest BCUT2D eigenvalue weighted by atomic mass is 9.78. The molecule has 2 aliphatic rings. The van der Waals surface area contributed by atoms with Gasteiger partial charge >= 0.3 is 0 Å². The van der Waals surface area contributed by atoms with Crippen LogP contribution >= 0.6 is 11.6 Å². The van der Waals surface area contributed by atoms with E-state index in [1.165, 1.54) is 0 Å². The van der Waals surface area contributed by atoms with Gasteiger partial charge < -0.3 is 4.74 Å². The maximum atomic E-state index is 6.06. The van der Waals surface area contributed by atoms with Crippen molar-refractivity contribution < 1.29 is 4.74 Å². The van der Waals surface area contributed by atoms with E-state index in [0.717, 1.165) is 42.2 Å². The molecule has 18 heavy (non-hydrogen) atoms. The van der Waals surface area contributed by atoms with Crippen LogP contribution in [0.25, 0.3) is 0 Å². The van der Waals surface area contributed by atoms with Crippen molar-refractivity contribution in [3.05, 3.63) is 34.9 Å². The maximum Gasteiger partial charge on any atom is 0.164 e. The van der Waals surface area contributed by atoms with E-state index >= 15 is 0 Å². The van der Waals surface area contributed by atoms with Crippen LogP contribution in [-0.4, -0.2) is 18.0 Å². The molecule has 1 spiro atoms. The number of aliphatic imine (C=N–C) groups is 1. The highest BCUT2D eigenvalue weighted by molar-refractivity contribution is 6.31. The van der Waals surface area contributed by atoms with Gasteiger partial charge in [0.25, 0.3) is 0 Å². The molecular formula is C15H18ClNO. The van der Waals surface area contributed by atoms with Crippen molar-refractivity contribution in [2.24, 2.45) is 10.4 Å². The molecular weight excluding hydrogens is 246 g/mol. The van der Waals surface area contributed by atoms with Crippen LogP contribution < -0.4 is 0 Å². The van der Waals surface area contributed by atoms with Crippen molar-refractivity contribution in [2.75, 3.05) is 6.61 Å². The third-order valence-corrected chi connectivity index (χ3v) is 4.38. The minimum Gasteiger partial charge on any atom is -0.353 e. The van der Waals surface area contributed by atoms with Gasteiger partial charge in [-0.2, -0.15) is 0 Å². The monoisotopic (exact) mass is 263 g/mol. The van der Waals surface area contributed by atoms with Crippen LogP contribution in [0.15, 0.2) is 29.3 Å². The molecule has 1 saturated heterocycles. The highest BCUT2D eigenvalue weighted by Crippen LogP contribution is 2.50. The van der Waals surface area contributed by atoms with Crippen molar-refractivity contribution in [3.8, 4) is 0 Å². The molecule has 0 N–H and O–H groups in total. The summed E-state index contributed by atoms with van der Waals surface area (Å²) in [5.41, 5.74) is 2.03. The van der Waals surface area contributed by atoms with E-state index in [4.69, 9.17) is 21.3 Å². The topological polar surface area (TPSA) is 21.6 Å². The number of ether oxygens (including phenoxy) is 1. The Kier molecular flexibility index (Phi) is 2.76. The Morgan fingerprint density at radius 3 is 2.83 bits per heavy atom. The van der Waals surface area contributed by atoms with Gasteiger partial charge in [0.05, 0.1) is 0 Å². The van der Waals surface area contributed by atoms with Gasteiger partial charge in [0, 0.05) is 22.8 Å². The molecule has 2 aliphatic heterocycles. The zero-order chi connectivity index (χ0) is 12.8. The SMILES string of the molecule is CC1(C)CC(c2cccc(Cl)c2)=NC12CCCO2. The summed E-state index contributed by atoms with van der Waals surface area (Å²) in [5.74, 6) is 0. The quantitative estimate of drug-likeness (QED) is 0.749. The molecule has 0 amide bonds. The Morgan fingerprint density at radius 1 is 1.33 bits per heavy atom. The molecule has 0 bridgehead atoms. The van der Waals surface area contributed by atoms with Crippen molar-refractivity contribution in [1.29, 1.82) is 0 Å². The lowest BCUT2D eigenvalue weighted by Crippen LogP contribution is -2.38. The fourth-order valence-corrected chi connectivity index (χ4v) is 3.24. The zero-order valence-electron chi connectivity index (χ0n) is 10.9. The molecule has 0 aromatic heterocycles. The first-order valence-corrected chi connectivity index (χ1v) is 6.89. The Bertz CT molecular complexity index is 501. The second-order valence-corrected chi connectivity index (χ2v) is 6.30. The Hall–Kier alpha value is -0.860. The van der Waals surface area contributed by atoms with Gasteiger partial charge in [0.15, 0.2) is 5.72 Å². The number of nitrogens with zero attached hydrogens (tertiary/aromatic N) is 1. The van der Waals surface area contributed by atoms with Crippen LogP contribution in [0.2, 0.25) is 5.02 Å². The number of rotatable bonds is 1. The molecule has 3 rings (SSSR count). The summed E-state index contributed by atoms with van der Waals surface area (Å²) in [5, 5.41) is 0.765. The zero-order valence-corrected chi connectivity index (χ0v) is 11.6. The highest BCUT2D eigenvalue weighted by atomic mass is 35.5. The summed E-state index contributed by atoms with van der Waals surface area (Å²) in [6.07, 6.45) is 3.09. The summed E-state index contributed by atoms with van der Waals surface area (Å²) < 4.78 is 5.98. The predicted molar refractivity (Wildman–Crippen MR) is 74.3 cm³/mol. The first-order chi connectivity index (χ1) is 8.52. The average molecular weight is 264 g/mol. The van der Waals surface area contributed by atoms with E-state index < -0.39 is 0 Å². The Labute approximate surface area is 113 Å². The molecule has 1 aromatic rings. The van der Waals surface area contributed by atoms with Gasteiger partial charge in [0.2, 0.25) is 0 Å². The maximum absolute atomic E-state index is 6.06. The first kappa shape index (κ1) is 12.2. The summed E-state index contributed by atoms with van der Waals surface area (Å²) in [6.45, 7) is 5.33. The van der Waals surface area contributed by atoms with Gasteiger partial charge in [-0.15, -0.1) is 0 Å². The molecule has 1 aromatic carbocycles.